The van der Waals surface area contributed by atoms with Gasteiger partial charge >= 0.3 is 145 Å². The van der Waals surface area contributed by atoms with Gasteiger partial charge in [0, 0.05) is 0 Å². The topological polar surface area (TPSA) is 0 Å². The van der Waals surface area contributed by atoms with Crippen molar-refractivity contribution in [1.82, 2.24) is 0 Å². The second-order valence-corrected chi connectivity index (χ2v) is 15.3. The van der Waals surface area contributed by atoms with Gasteiger partial charge in [0.2, 0.25) is 0 Å². The maximum absolute atomic E-state index is 2.55. The number of allylic oxidation sites excluding steroid dienone is 2. The molecular formula is C20H18Cl2SiZr. The van der Waals surface area contributed by atoms with Gasteiger partial charge in [-0.05, 0) is 0 Å². The van der Waals surface area contributed by atoms with Crippen LogP contribution in [-0.4, -0.2) is 8.07 Å². The molecule has 0 amide bonds. The quantitative estimate of drug-likeness (QED) is 0.400. The van der Waals surface area contributed by atoms with Gasteiger partial charge in [0.1, 0.15) is 0 Å². The smallest absolute Gasteiger partial charge is 1.00 e. The molecule has 3 aliphatic rings. The Balaban J connectivity index is 0.000000845. The number of halogens is 2. The summed E-state index contributed by atoms with van der Waals surface area (Å²) in [5, 5.41) is 3.39. The third kappa shape index (κ3) is 2.42. The Morgan fingerprint density at radius 2 is 1.21 bits per heavy atom. The Bertz CT molecular complexity index is 800. The van der Waals surface area contributed by atoms with Crippen LogP contribution in [0.15, 0.2) is 48.6 Å². The van der Waals surface area contributed by atoms with Gasteiger partial charge in [-0.15, -0.1) is 0 Å². The summed E-state index contributed by atoms with van der Waals surface area (Å²) in [5.41, 5.74) is 6.43. The maximum Gasteiger partial charge on any atom is -1.00 e. The van der Waals surface area contributed by atoms with Crippen LogP contribution in [-0.2, 0) is 23.2 Å². The van der Waals surface area contributed by atoms with Crippen molar-refractivity contribution in [1.29, 1.82) is 0 Å². The minimum atomic E-state index is -1.63. The second kappa shape index (κ2) is 6.40. The summed E-state index contributed by atoms with van der Waals surface area (Å²) in [6, 6.07) is 14.1. The Morgan fingerprint density at radius 1 is 0.750 bits per heavy atom. The molecule has 1 heterocycles. The van der Waals surface area contributed by atoms with Crippen molar-refractivity contribution in [2.75, 3.05) is 0 Å². The van der Waals surface area contributed by atoms with Gasteiger partial charge in [-0.25, -0.2) is 0 Å². The van der Waals surface area contributed by atoms with Crippen molar-refractivity contribution >= 4 is 30.6 Å². The molecule has 0 fully saturated rings. The molecule has 4 heteroatoms. The van der Waals surface area contributed by atoms with Crippen molar-refractivity contribution in [2.24, 2.45) is 0 Å². The van der Waals surface area contributed by atoms with E-state index in [1.807, 2.05) is 0 Å². The van der Waals surface area contributed by atoms with E-state index in [1.54, 1.807) is 21.5 Å². The van der Waals surface area contributed by atoms with Gasteiger partial charge in [0.25, 0.3) is 0 Å². The fourth-order valence-electron chi connectivity index (χ4n) is 4.45. The van der Waals surface area contributed by atoms with E-state index in [0.29, 0.717) is 0 Å². The van der Waals surface area contributed by atoms with E-state index in [0.717, 1.165) is 7.25 Å². The molecule has 0 saturated heterocycles. The van der Waals surface area contributed by atoms with Crippen LogP contribution in [0, 0.1) is 0 Å². The Hall–Kier alpha value is -0.400. The van der Waals surface area contributed by atoms with E-state index in [4.69, 9.17) is 0 Å². The molecule has 0 saturated carbocycles. The molecule has 2 aromatic carbocycles. The average molecular weight is 449 g/mol. The predicted molar refractivity (Wildman–Crippen MR) is 93.2 cm³/mol. The zero-order valence-electron chi connectivity index (χ0n) is 13.7. The minimum Gasteiger partial charge on any atom is -1.00 e. The molecule has 2 aliphatic carbocycles. The van der Waals surface area contributed by atoms with Gasteiger partial charge in [0.05, 0.1) is 0 Å². The van der Waals surface area contributed by atoms with Crippen molar-refractivity contribution < 1.29 is 48.0 Å². The van der Waals surface area contributed by atoms with Crippen LogP contribution in [0.1, 0.15) is 29.5 Å². The third-order valence-electron chi connectivity index (χ3n) is 5.54. The molecular weight excluding hydrogens is 430 g/mol. The monoisotopic (exact) mass is 446 g/mol. The molecule has 5 rings (SSSR count). The second-order valence-electron chi connectivity index (χ2n) is 7.08. The van der Waals surface area contributed by atoms with Crippen LogP contribution < -0.4 is 35.2 Å². The zero-order valence-corrected chi connectivity index (χ0v) is 18.7. The van der Waals surface area contributed by atoms with Crippen LogP contribution in [0.3, 0.4) is 0 Å². The van der Waals surface area contributed by atoms with Crippen LogP contribution in [0.4, 0.5) is 0 Å². The van der Waals surface area contributed by atoms with Crippen LogP contribution in [0.2, 0.25) is 13.1 Å². The van der Waals surface area contributed by atoms with Gasteiger partial charge in [-0.2, -0.15) is 0 Å². The van der Waals surface area contributed by atoms with Crippen molar-refractivity contribution in [3.05, 3.63) is 70.8 Å². The molecule has 24 heavy (non-hydrogen) atoms. The van der Waals surface area contributed by atoms with E-state index in [-0.39, 0.29) is 24.8 Å². The molecule has 120 valence electrons. The van der Waals surface area contributed by atoms with Crippen molar-refractivity contribution in [2.45, 2.75) is 20.3 Å². The SMILES string of the molecule is C[Si]1(C)c2cccc3c2[CH](C=C3)[Zr+2][CH]2C=Cc3cccc1c32.[Cl-].[Cl-]. The zero-order chi connectivity index (χ0) is 14.9. The standard InChI is InChI=1S/C20H18Si.2ClH.Zr/c1-21(2,19-13-5-9-15-7-3-11-17(15)19)20-14-6-10-16-8-4-12-18(16)20;;;/h3-14H,1-2H3;2*1H;/q;;;+2/p-2. The first-order chi connectivity index (χ1) is 10.7. The largest absolute Gasteiger partial charge is 1.00 e. The summed E-state index contributed by atoms with van der Waals surface area (Å²) in [6.07, 6.45) is 9.82. The molecule has 2 unspecified atom stereocenters. The maximum atomic E-state index is 2.55. The molecule has 2 aromatic rings. The summed E-state index contributed by atoms with van der Waals surface area (Å²) in [5.74, 6) is 0. The fourth-order valence-corrected chi connectivity index (χ4v) is 12.8. The fraction of sp³-hybridized carbons (Fsp3) is 0.200. The first kappa shape index (κ1) is 18.4. The van der Waals surface area contributed by atoms with Gasteiger partial charge in [0.15, 0.2) is 0 Å². The molecule has 0 nitrogen and oxygen atoms in total. The summed E-state index contributed by atoms with van der Waals surface area (Å²) in [7, 11) is -1.63. The van der Waals surface area contributed by atoms with E-state index < -0.39 is 31.3 Å². The van der Waals surface area contributed by atoms with Crippen LogP contribution >= 0.6 is 0 Å². The molecule has 0 radical (unpaired) electrons. The average Bonchev–Trinajstić information content (AvgIpc) is 3.11. The molecule has 1 aliphatic heterocycles. The molecule has 0 bridgehead atoms. The van der Waals surface area contributed by atoms with Gasteiger partial charge < -0.3 is 24.8 Å². The summed E-state index contributed by atoms with van der Waals surface area (Å²) in [6.45, 7) is 5.11. The van der Waals surface area contributed by atoms with Crippen LogP contribution in [0.5, 0.6) is 0 Å². The number of hydrogen-bond acceptors (Lipinski definition) is 0. The predicted octanol–water partition coefficient (Wildman–Crippen LogP) is -2.25. The first-order valence-electron chi connectivity index (χ1n) is 8.05. The van der Waals surface area contributed by atoms with Crippen LogP contribution in [0.25, 0.3) is 12.2 Å². The molecule has 0 aromatic heterocycles. The number of hydrogen-bond donors (Lipinski definition) is 0. The van der Waals surface area contributed by atoms with E-state index in [2.05, 4.69) is 73.8 Å². The Kier molecular flexibility index (Phi) is 4.90. The van der Waals surface area contributed by atoms with E-state index in [9.17, 15) is 0 Å². The number of rotatable bonds is 0. The van der Waals surface area contributed by atoms with Crippen molar-refractivity contribution in [3.8, 4) is 0 Å². The normalized spacial score (nSPS) is 22.8. The first-order valence-corrected chi connectivity index (χ1v) is 13.9. The summed E-state index contributed by atoms with van der Waals surface area (Å²) < 4.78 is 1.55. The number of benzene rings is 2. The van der Waals surface area contributed by atoms with E-state index >= 15 is 0 Å². The van der Waals surface area contributed by atoms with Gasteiger partial charge in [-0.1, -0.05) is 0 Å². The van der Waals surface area contributed by atoms with E-state index in [1.165, 1.54) is 11.1 Å². The molecule has 0 N–H and O–H groups in total. The van der Waals surface area contributed by atoms with Crippen molar-refractivity contribution in [3.63, 3.8) is 0 Å². The Morgan fingerprint density at radius 3 is 1.67 bits per heavy atom. The third-order valence-corrected chi connectivity index (χ3v) is 13.2. The minimum absolute atomic E-state index is 0. The molecule has 2 atom stereocenters. The summed E-state index contributed by atoms with van der Waals surface area (Å²) in [4.78, 5) is 0. The van der Waals surface area contributed by atoms with Gasteiger partial charge in [-0.3, -0.25) is 0 Å². The summed E-state index contributed by atoms with van der Waals surface area (Å²) >= 11 is -0.561. The molecule has 0 spiro atoms. The Labute approximate surface area is 168 Å².